The highest BCUT2D eigenvalue weighted by molar-refractivity contribution is 6.17. The van der Waals surface area contributed by atoms with Gasteiger partial charge in [0.25, 0.3) is 0 Å². The fourth-order valence-electron chi connectivity index (χ4n) is 2.14. The zero-order chi connectivity index (χ0) is 14.3. The zero-order valence-electron chi connectivity index (χ0n) is 10.1. The van der Waals surface area contributed by atoms with Crippen LogP contribution in [-0.2, 0) is 5.88 Å². The van der Waals surface area contributed by atoms with E-state index in [1.54, 1.807) is 0 Å². The predicted molar refractivity (Wildman–Crippen MR) is 70.5 cm³/mol. The first kappa shape index (κ1) is 13.0. The van der Waals surface area contributed by atoms with Crippen molar-refractivity contribution in [2.75, 3.05) is 0 Å². The molecule has 20 heavy (non-hydrogen) atoms. The van der Waals surface area contributed by atoms with E-state index in [-0.39, 0.29) is 22.9 Å². The van der Waals surface area contributed by atoms with Crippen molar-refractivity contribution in [3.8, 4) is 5.69 Å². The largest absolute Gasteiger partial charge is 0.290 e. The van der Waals surface area contributed by atoms with E-state index in [9.17, 15) is 13.2 Å². The van der Waals surface area contributed by atoms with E-state index in [4.69, 9.17) is 11.6 Å². The van der Waals surface area contributed by atoms with Gasteiger partial charge in [-0.2, -0.15) is 0 Å². The molecular formula is C14H8ClF3N2. The summed E-state index contributed by atoms with van der Waals surface area (Å²) in [7, 11) is 0. The number of fused-ring (bicyclic) bond motifs is 1. The van der Waals surface area contributed by atoms with Crippen LogP contribution < -0.4 is 0 Å². The van der Waals surface area contributed by atoms with Crippen molar-refractivity contribution in [3.05, 3.63) is 59.7 Å². The maximum atomic E-state index is 13.9. The Balaban J connectivity index is 2.42. The van der Waals surface area contributed by atoms with Crippen LogP contribution in [0.5, 0.6) is 0 Å². The summed E-state index contributed by atoms with van der Waals surface area (Å²) in [6.45, 7) is 0. The second-order valence-electron chi connectivity index (χ2n) is 4.20. The second-order valence-corrected chi connectivity index (χ2v) is 4.47. The molecular weight excluding hydrogens is 289 g/mol. The first-order valence-corrected chi connectivity index (χ1v) is 6.32. The summed E-state index contributed by atoms with van der Waals surface area (Å²) >= 11 is 5.78. The van der Waals surface area contributed by atoms with Crippen LogP contribution in [0.2, 0.25) is 0 Å². The normalized spacial score (nSPS) is 11.2. The number of hydrogen-bond acceptors (Lipinski definition) is 1. The molecule has 2 nitrogen and oxygen atoms in total. The Labute approximate surface area is 117 Å². The van der Waals surface area contributed by atoms with Gasteiger partial charge in [0, 0.05) is 6.07 Å². The first-order chi connectivity index (χ1) is 9.61. The van der Waals surface area contributed by atoms with Gasteiger partial charge in [-0.1, -0.05) is 6.07 Å². The van der Waals surface area contributed by atoms with Crippen molar-refractivity contribution in [1.82, 2.24) is 9.55 Å². The van der Waals surface area contributed by atoms with Gasteiger partial charge in [0.1, 0.15) is 29.0 Å². The minimum absolute atomic E-state index is 0.0515. The number of benzene rings is 2. The molecule has 1 aromatic heterocycles. The summed E-state index contributed by atoms with van der Waals surface area (Å²) in [6, 6.07) is 7.35. The van der Waals surface area contributed by atoms with Gasteiger partial charge in [-0.15, -0.1) is 11.6 Å². The van der Waals surface area contributed by atoms with Crippen LogP contribution in [0, 0.1) is 17.5 Å². The summed E-state index contributed by atoms with van der Waals surface area (Å²) in [5, 5.41) is 0. The number of aromatic nitrogens is 2. The molecule has 1 heterocycles. The fraction of sp³-hybridized carbons (Fsp3) is 0.0714. The van der Waals surface area contributed by atoms with Crippen LogP contribution in [0.3, 0.4) is 0 Å². The van der Waals surface area contributed by atoms with Gasteiger partial charge in [0.2, 0.25) is 0 Å². The maximum Gasteiger partial charge on any atom is 0.150 e. The Kier molecular flexibility index (Phi) is 3.14. The van der Waals surface area contributed by atoms with E-state index >= 15 is 0 Å². The first-order valence-electron chi connectivity index (χ1n) is 5.79. The molecule has 0 amide bonds. The van der Waals surface area contributed by atoms with E-state index in [0.717, 1.165) is 12.1 Å². The highest BCUT2D eigenvalue weighted by Crippen LogP contribution is 2.26. The van der Waals surface area contributed by atoms with Crippen molar-refractivity contribution in [1.29, 1.82) is 0 Å². The molecule has 0 N–H and O–H groups in total. The monoisotopic (exact) mass is 296 g/mol. The van der Waals surface area contributed by atoms with E-state index in [2.05, 4.69) is 4.98 Å². The van der Waals surface area contributed by atoms with Crippen LogP contribution >= 0.6 is 11.6 Å². The number of rotatable bonds is 2. The van der Waals surface area contributed by atoms with E-state index in [1.165, 1.54) is 28.8 Å². The molecule has 6 heteroatoms. The highest BCUT2D eigenvalue weighted by Gasteiger charge is 2.18. The Hall–Kier alpha value is -2.01. The van der Waals surface area contributed by atoms with Gasteiger partial charge in [-0.3, -0.25) is 4.57 Å². The van der Waals surface area contributed by atoms with Crippen LogP contribution in [-0.4, -0.2) is 9.55 Å². The van der Waals surface area contributed by atoms with Crippen LogP contribution in [0.4, 0.5) is 13.2 Å². The third kappa shape index (κ3) is 1.94. The smallest absolute Gasteiger partial charge is 0.150 e. The molecule has 0 aliphatic carbocycles. The van der Waals surface area contributed by atoms with Crippen molar-refractivity contribution < 1.29 is 13.2 Å². The highest BCUT2D eigenvalue weighted by atomic mass is 35.5. The molecule has 3 rings (SSSR count). The number of imidazole rings is 1. The second kappa shape index (κ2) is 4.83. The van der Waals surface area contributed by atoms with E-state index in [0.29, 0.717) is 5.52 Å². The summed E-state index contributed by atoms with van der Waals surface area (Å²) in [6.07, 6.45) is 0. The third-order valence-corrected chi connectivity index (χ3v) is 3.21. The minimum atomic E-state index is -0.764. The molecule has 0 radical (unpaired) electrons. The van der Waals surface area contributed by atoms with Crippen LogP contribution in [0.25, 0.3) is 16.7 Å². The third-order valence-electron chi connectivity index (χ3n) is 2.97. The number of para-hydroxylation sites is 1. The molecule has 0 bridgehead atoms. The number of hydrogen-bond donors (Lipinski definition) is 0. The quantitative estimate of drug-likeness (QED) is 0.649. The lowest BCUT2D eigenvalue weighted by molar-refractivity contribution is 0.568. The Morgan fingerprint density at radius 1 is 1.05 bits per heavy atom. The SMILES string of the molecule is Fc1ccc2nc(CCl)n(-c3c(F)cccc3F)c2c1. The Bertz CT molecular complexity index is 778. The van der Waals surface area contributed by atoms with Crippen LogP contribution in [0.1, 0.15) is 5.82 Å². The van der Waals surface area contributed by atoms with Gasteiger partial charge >= 0.3 is 0 Å². The Morgan fingerprint density at radius 2 is 1.75 bits per heavy atom. The van der Waals surface area contributed by atoms with Gasteiger partial charge < -0.3 is 0 Å². The molecule has 2 aromatic carbocycles. The molecule has 102 valence electrons. The lowest BCUT2D eigenvalue weighted by Gasteiger charge is -2.10. The van der Waals surface area contributed by atoms with Gasteiger partial charge in [0.15, 0.2) is 0 Å². The van der Waals surface area contributed by atoms with Crippen LogP contribution in [0.15, 0.2) is 36.4 Å². The average Bonchev–Trinajstić information content (AvgIpc) is 2.77. The van der Waals surface area contributed by atoms with E-state index in [1.807, 2.05) is 0 Å². The molecule has 3 aromatic rings. The van der Waals surface area contributed by atoms with Crippen molar-refractivity contribution in [3.63, 3.8) is 0 Å². The number of nitrogens with zero attached hydrogens (tertiary/aromatic N) is 2. The molecule has 0 spiro atoms. The summed E-state index contributed by atoms with van der Waals surface area (Å²) < 4.78 is 42.5. The molecule has 0 aliphatic rings. The fourth-order valence-corrected chi connectivity index (χ4v) is 2.32. The van der Waals surface area contributed by atoms with Crippen molar-refractivity contribution in [2.45, 2.75) is 5.88 Å². The number of alkyl halides is 1. The molecule has 0 fully saturated rings. The summed E-state index contributed by atoms with van der Waals surface area (Å²) in [4.78, 5) is 4.16. The molecule has 0 saturated heterocycles. The summed E-state index contributed by atoms with van der Waals surface area (Å²) in [5.74, 6) is -1.85. The minimum Gasteiger partial charge on any atom is -0.290 e. The van der Waals surface area contributed by atoms with Gasteiger partial charge in [0.05, 0.1) is 16.9 Å². The molecule has 0 atom stereocenters. The molecule has 0 saturated carbocycles. The van der Waals surface area contributed by atoms with Gasteiger partial charge in [-0.25, -0.2) is 18.2 Å². The standard InChI is InChI=1S/C14H8ClF3N2/c15-7-13-19-11-5-4-8(16)6-12(11)20(13)14-9(17)2-1-3-10(14)18/h1-6H,7H2. The topological polar surface area (TPSA) is 17.8 Å². The average molecular weight is 297 g/mol. The zero-order valence-corrected chi connectivity index (χ0v) is 10.8. The maximum absolute atomic E-state index is 13.9. The molecule has 0 aliphatic heterocycles. The Morgan fingerprint density at radius 3 is 2.40 bits per heavy atom. The van der Waals surface area contributed by atoms with E-state index < -0.39 is 17.5 Å². The lowest BCUT2D eigenvalue weighted by Crippen LogP contribution is -2.05. The van der Waals surface area contributed by atoms with Crippen molar-refractivity contribution in [2.24, 2.45) is 0 Å². The molecule has 0 unspecified atom stereocenters. The lowest BCUT2D eigenvalue weighted by atomic mass is 10.2. The summed E-state index contributed by atoms with van der Waals surface area (Å²) in [5.41, 5.74) is 0.380. The predicted octanol–water partition coefficient (Wildman–Crippen LogP) is 4.18. The number of halogens is 4. The van der Waals surface area contributed by atoms with Crippen molar-refractivity contribution >= 4 is 22.6 Å². The van der Waals surface area contributed by atoms with Gasteiger partial charge in [-0.05, 0) is 24.3 Å².